The molecule has 144 valence electrons. The van der Waals surface area contributed by atoms with Gasteiger partial charge < -0.3 is 20.1 Å². The highest BCUT2D eigenvalue weighted by atomic mass is 16.5. The van der Waals surface area contributed by atoms with Crippen LogP contribution >= 0.6 is 0 Å². The van der Waals surface area contributed by atoms with Gasteiger partial charge in [-0.15, -0.1) is 0 Å². The second-order valence-electron chi connectivity index (χ2n) is 6.09. The lowest BCUT2D eigenvalue weighted by molar-refractivity contribution is 0.102. The largest absolute Gasteiger partial charge is 0.493 e. The van der Waals surface area contributed by atoms with E-state index >= 15 is 0 Å². The van der Waals surface area contributed by atoms with Crippen molar-refractivity contribution in [1.29, 1.82) is 0 Å². The van der Waals surface area contributed by atoms with Crippen molar-refractivity contribution in [3.05, 3.63) is 71.9 Å². The van der Waals surface area contributed by atoms with Gasteiger partial charge in [-0.1, -0.05) is 25.1 Å². The minimum atomic E-state index is -0.235. The van der Waals surface area contributed by atoms with Crippen LogP contribution in [0.1, 0.15) is 22.8 Å². The van der Waals surface area contributed by atoms with Crippen molar-refractivity contribution in [3.8, 4) is 11.5 Å². The quantitative estimate of drug-likeness (QED) is 0.627. The number of carbonyl (C=O) groups excluding carboxylic acids is 1. The topological polar surface area (TPSA) is 72.5 Å². The summed E-state index contributed by atoms with van der Waals surface area (Å²) in [7, 11) is 3.12. The number of aromatic nitrogens is 1. The van der Waals surface area contributed by atoms with Gasteiger partial charge in [-0.05, 0) is 42.3 Å². The Bertz CT molecular complexity index is 973. The second kappa shape index (κ2) is 8.90. The molecule has 6 heteroatoms. The first-order valence-corrected chi connectivity index (χ1v) is 8.99. The van der Waals surface area contributed by atoms with Crippen LogP contribution in [0.4, 0.5) is 17.2 Å². The predicted octanol–water partition coefficient (Wildman–Crippen LogP) is 4.66. The maximum Gasteiger partial charge on any atom is 0.255 e. The average Bonchev–Trinajstić information content (AvgIpc) is 2.74. The molecule has 3 rings (SSSR count). The maximum atomic E-state index is 12.7. The van der Waals surface area contributed by atoms with Crippen LogP contribution in [0.15, 0.2) is 60.8 Å². The molecule has 0 fully saturated rings. The van der Waals surface area contributed by atoms with Crippen LogP contribution in [0.2, 0.25) is 0 Å². The summed E-state index contributed by atoms with van der Waals surface area (Å²) < 4.78 is 10.5. The van der Waals surface area contributed by atoms with Crippen LogP contribution in [0.3, 0.4) is 0 Å². The molecule has 0 aliphatic heterocycles. The molecule has 6 nitrogen and oxygen atoms in total. The highest BCUT2D eigenvalue weighted by Gasteiger charge is 2.11. The zero-order valence-electron chi connectivity index (χ0n) is 16.2. The van der Waals surface area contributed by atoms with Crippen LogP contribution in [-0.2, 0) is 6.42 Å². The van der Waals surface area contributed by atoms with E-state index in [9.17, 15) is 4.79 Å². The number of benzene rings is 2. The minimum Gasteiger partial charge on any atom is -0.493 e. The molecule has 28 heavy (non-hydrogen) atoms. The van der Waals surface area contributed by atoms with E-state index in [1.54, 1.807) is 50.7 Å². The zero-order valence-corrected chi connectivity index (χ0v) is 16.2. The van der Waals surface area contributed by atoms with Gasteiger partial charge in [0.25, 0.3) is 5.91 Å². The Hall–Kier alpha value is -3.54. The summed E-state index contributed by atoms with van der Waals surface area (Å²) >= 11 is 0. The number of nitrogens with zero attached hydrogens (tertiary/aromatic N) is 1. The molecule has 0 aliphatic rings. The lowest BCUT2D eigenvalue weighted by Gasteiger charge is -2.12. The molecular formula is C22H23N3O3. The van der Waals surface area contributed by atoms with Crippen molar-refractivity contribution in [3.63, 3.8) is 0 Å². The van der Waals surface area contributed by atoms with Crippen molar-refractivity contribution in [1.82, 2.24) is 4.98 Å². The van der Waals surface area contributed by atoms with Gasteiger partial charge in [-0.2, -0.15) is 0 Å². The first-order valence-electron chi connectivity index (χ1n) is 8.99. The number of nitrogens with one attached hydrogen (secondary N) is 2. The molecule has 2 aromatic carbocycles. The third-order valence-electron chi connectivity index (χ3n) is 4.32. The normalized spacial score (nSPS) is 10.2. The molecule has 0 bridgehead atoms. The first-order chi connectivity index (χ1) is 13.6. The van der Waals surface area contributed by atoms with Crippen molar-refractivity contribution in [2.24, 2.45) is 0 Å². The number of aryl methyl sites for hydroxylation is 1. The summed E-state index contributed by atoms with van der Waals surface area (Å²) in [6.07, 6.45) is 2.52. The number of methoxy groups -OCH3 is 2. The van der Waals surface area contributed by atoms with E-state index in [4.69, 9.17) is 9.47 Å². The standard InChI is InChI=1S/C22H23N3O3/c1-4-15-7-5-6-8-18(15)25-21-13-16(11-12-23-21)22(26)24-17-9-10-19(27-2)20(14-17)28-3/h5-14H,4H2,1-3H3,(H,23,25)(H,24,26). The van der Waals surface area contributed by atoms with E-state index in [1.807, 2.05) is 18.2 Å². The molecule has 0 spiro atoms. The Balaban J connectivity index is 1.77. The van der Waals surface area contributed by atoms with E-state index < -0.39 is 0 Å². The highest BCUT2D eigenvalue weighted by Crippen LogP contribution is 2.30. The molecule has 3 aromatic rings. The number of pyridine rings is 1. The number of anilines is 3. The Morgan fingerprint density at radius 3 is 2.54 bits per heavy atom. The van der Waals surface area contributed by atoms with Crippen LogP contribution in [0.5, 0.6) is 11.5 Å². The smallest absolute Gasteiger partial charge is 0.255 e. The number of ether oxygens (including phenoxy) is 2. The molecular weight excluding hydrogens is 354 g/mol. The van der Waals surface area contributed by atoms with E-state index in [0.717, 1.165) is 12.1 Å². The number of para-hydroxylation sites is 1. The molecule has 1 aromatic heterocycles. The molecule has 0 atom stereocenters. The zero-order chi connectivity index (χ0) is 19.9. The molecule has 2 N–H and O–H groups in total. The predicted molar refractivity (Wildman–Crippen MR) is 111 cm³/mol. The Morgan fingerprint density at radius 1 is 1.00 bits per heavy atom. The SMILES string of the molecule is CCc1ccccc1Nc1cc(C(=O)Nc2ccc(OC)c(OC)c2)ccn1. The third kappa shape index (κ3) is 4.40. The lowest BCUT2D eigenvalue weighted by Crippen LogP contribution is -2.12. The van der Waals surface area contributed by atoms with Crippen molar-refractivity contribution >= 4 is 23.1 Å². The molecule has 0 unspecified atom stereocenters. The monoisotopic (exact) mass is 377 g/mol. The Kier molecular flexibility index (Phi) is 6.11. The lowest BCUT2D eigenvalue weighted by atomic mass is 10.1. The number of carbonyl (C=O) groups is 1. The molecule has 0 aliphatic carbocycles. The van der Waals surface area contributed by atoms with Crippen molar-refractivity contribution < 1.29 is 14.3 Å². The van der Waals surface area contributed by atoms with E-state index in [2.05, 4.69) is 28.6 Å². The van der Waals surface area contributed by atoms with E-state index in [-0.39, 0.29) is 5.91 Å². The van der Waals surface area contributed by atoms with Crippen molar-refractivity contribution in [2.75, 3.05) is 24.9 Å². The van der Waals surface area contributed by atoms with Crippen LogP contribution in [0.25, 0.3) is 0 Å². The number of amides is 1. The molecule has 0 radical (unpaired) electrons. The van der Waals surface area contributed by atoms with Gasteiger partial charge in [0.2, 0.25) is 0 Å². The maximum absolute atomic E-state index is 12.7. The Morgan fingerprint density at radius 2 is 1.79 bits per heavy atom. The molecule has 0 saturated heterocycles. The summed E-state index contributed by atoms with van der Waals surface area (Å²) in [5, 5.41) is 6.16. The fraction of sp³-hybridized carbons (Fsp3) is 0.182. The Labute approximate surface area is 164 Å². The minimum absolute atomic E-state index is 0.235. The molecule has 0 saturated carbocycles. The third-order valence-corrected chi connectivity index (χ3v) is 4.32. The summed E-state index contributed by atoms with van der Waals surface area (Å²) in [4.78, 5) is 17.0. The average molecular weight is 377 g/mol. The van der Waals surface area contributed by atoms with Crippen LogP contribution in [0, 0.1) is 0 Å². The summed E-state index contributed by atoms with van der Waals surface area (Å²) in [5.74, 6) is 1.53. The van der Waals surface area contributed by atoms with Crippen molar-refractivity contribution in [2.45, 2.75) is 13.3 Å². The van der Waals surface area contributed by atoms with Gasteiger partial charge in [-0.25, -0.2) is 4.98 Å². The van der Waals surface area contributed by atoms with Gasteiger partial charge in [0, 0.05) is 29.2 Å². The van der Waals surface area contributed by atoms with Gasteiger partial charge >= 0.3 is 0 Å². The van der Waals surface area contributed by atoms with Crippen LogP contribution in [-0.4, -0.2) is 25.1 Å². The van der Waals surface area contributed by atoms with E-state index in [1.165, 1.54) is 5.56 Å². The number of rotatable bonds is 7. The van der Waals surface area contributed by atoms with Gasteiger partial charge in [-0.3, -0.25) is 4.79 Å². The van der Waals surface area contributed by atoms with E-state index in [0.29, 0.717) is 28.6 Å². The first kappa shape index (κ1) is 19.2. The number of hydrogen-bond donors (Lipinski definition) is 2. The van der Waals surface area contributed by atoms with Gasteiger partial charge in [0.1, 0.15) is 5.82 Å². The summed E-state index contributed by atoms with van der Waals surface area (Å²) in [5.41, 5.74) is 3.28. The fourth-order valence-corrected chi connectivity index (χ4v) is 2.85. The second-order valence-corrected chi connectivity index (χ2v) is 6.09. The van der Waals surface area contributed by atoms with Gasteiger partial charge in [0.05, 0.1) is 14.2 Å². The fourth-order valence-electron chi connectivity index (χ4n) is 2.85. The summed E-state index contributed by atoms with van der Waals surface area (Å²) in [6.45, 7) is 2.10. The highest BCUT2D eigenvalue weighted by molar-refractivity contribution is 6.04. The van der Waals surface area contributed by atoms with Crippen LogP contribution < -0.4 is 20.1 Å². The molecule has 1 amide bonds. The summed E-state index contributed by atoms with van der Waals surface area (Å²) in [6, 6.07) is 16.7. The number of hydrogen-bond acceptors (Lipinski definition) is 5. The van der Waals surface area contributed by atoms with Gasteiger partial charge in [0.15, 0.2) is 11.5 Å². The molecule has 1 heterocycles.